The number of nitrogens with zero attached hydrogens (tertiary/aromatic N) is 2. The van der Waals surface area contributed by atoms with Gasteiger partial charge in [-0.3, -0.25) is 4.79 Å². The van der Waals surface area contributed by atoms with Crippen molar-refractivity contribution in [2.75, 3.05) is 12.4 Å². The number of carbonyl (C=O) groups is 1. The Labute approximate surface area is 219 Å². The van der Waals surface area contributed by atoms with Gasteiger partial charge in [0.25, 0.3) is 0 Å². The second-order valence-electron chi connectivity index (χ2n) is 6.50. The zero-order chi connectivity index (χ0) is 23.7. The van der Waals surface area contributed by atoms with Gasteiger partial charge < -0.3 is 19.2 Å². The Morgan fingerprint density at radius 1 is 0.912 bits per heavy atom. The average Bonchev–Trinajstić information content (AvgIpc) is 2.71. The van der Waals surface area contributed by atoms with Crippen molar-refractivity contribution in [1.29, 1.82) is 0 Å². The van der Waals surface area contributed by atoms with E-state index in [0.717, 1.165) is 24.3 Å². The first-order valence-electron chi connectivity index (χ1n) is 8.75. The molecular formula is C19H15Li2N3O8S2. The Hall–Kier alpha value is -2.20. The fraction of sp³-hybridized carbons (Fsp3) is 0.105. The van der Waals surface area contributed by atoms with Gasteiger partial charge in [0.05, 0.1) is 34.0 Å². The number of hydrogen-bond acceptors (Lipinski definition) is 10. The maximum absolute atomic E-state index is 11.8. The van der Waals surface area contributed by atoms with Crippen molar-refractivity contribution in [3.8, 4) is 5.75 Å². The number of fused-ring (bicyclic) bond motifs is 1. The predicted molar refractivity (Wildman–Crippen MR) is 111 cm³/mol. The molecule has 1 N–H and O–H groups in total. The summed E-state index contributed by atoms with van der Waals surface area (Å²) in [4.78, 5) is 9.28. The molecule has 1 amide bonds. The summed E-state index contributed by atoms with van der Waals surface area (Å²) >= 11 is 0. The third-order valence-corrected chi connectivity index (χ3v) is 6.22. The number of benzene rings is 3. The summed E-state index contributed by atoms with van der Waals surface area (Å²) in [6.45, 7) is 1.67. The van der Waals surface area contributed by atoms with Crippen molar-refractivity contribution in [1.82, 2.24) is 0 Å². The van der Waals surface area contributed by atoms with Crippen LogP contribution in [0.1, 0.15) is 5.56 Å². The molecule has 0 radical (unpaired) electrons. The van der Waals surface area contributed by atoms with Crippen LogP contribution in [-0.4, -0.2) is 39.5 Å². The summed E-state index contributed by atoms with van der Waals surface area (Å²) in [5, 5.41) is 9.90. The van der Waals surface area contributed by atoms with Gasteiger partial charge in [-0.05, 0) is 36.8 Å². The van der Waals surface area contributed by atoms with Crippen LogP contribution in [0.3, 0.4) is 0 Å². The van der Waals surface area contributed by atoms with Gasteiger partial charge in [-0.2, -0.15) is 10.2 Å². The van der Waals surface area contributed by atoms with Crippen molar-refractivity contribution in [2.24, 2.45) is 10.2 Å². The Balaban J connectivity index is 0.00000289. The van der Waals surface area contributed by atoms with Crippen LogP contribution >= 0.6 is 0 Å². The monoisotopic (exact) mass is 491 g/mol. The van der Waals surface area contributed by atoms with E-state index in [9.17, 15) is 30.7 Å². The molecule has 0 saturated heterocycles. The van der Waals surface area contributed by atoms with Crippen molar-refractivity contribution in [3.05, 3.63) is 48.0 Å². The van der Waals surface area contributed by atoms with E-state index in [1.807, 2.05) is 0 Å². The number of rotatable bonds is 7. The van der Waals surface area contributed by atoms with Gasteiger partial charge in [0.15, 0.2) is 0 Å². The number of ether oxygens (including phenoxy) is 1. The summed E-state index contributed by atoms with van der Waals surface area (Å²) in [5.74, 6) is 0.276. The zero-order valence-corrected chi connectivity index (χ0v) is 20.2. The van der Waals surface area contributed by atoms with Gasteiger partial charge in [-0.1, -0.05) is 12.1 Å². The fourth-order valence-electron chi connectivity index (χ4n) is 3.03. The van der Waals surface area contributed by atoms with Crippen LogP contribution in [0, 0.1) is 6.92 Å². The Bertz CT molecular complexity index is 1480. The Morgan fingerprint density at radius 3 is 2.12 bits per heavy atom. The molecule has 0 aliphatic rings. The van der Waals surface area contributed by atoms with Crippen LogP contribution in [0.15, 0.2) is 62.5 Å². The minimum absolute atomic E-state index is 0. The third kappa shape index (κ3) is 6.47. The van der Waals surface area contributed by atoms with E-state index in [2.05, 4.69) is 15.5 Å². The van der Waals surface area contributed by atoms with E-state index in [4.69, 9.17) is 4.74 Å². The standard InChI is InChI=1S/C19H17N3O8S2.2Li/c1-11-6-16(20-10-23)17(30-2)9-15(11)22-21-12-7-14-13(19(8-12)32(27,28)29)4-3-5-18(14)31(24,25)26;;/h3-10H,1-2H3,(H,20,23)(H,24,25,26)(H,27,28,29);;/q;2*+1/p-2. The smallest absolute Gasteiger partial charge is 0.744 e. The molecule has 0 saturated carbocycles. The van der Waals surface area contributed by atoms with E-state index >= 15 is 0 Å². The molecule has 0 bridgehead atoms. The van der Waals surface area contributed by atoms with Gasteiger partial charge in [-0.15, -0.1) is 0 Å². The number of nitrogens with one attached hydrogen (secondary N) is 1. The summed E-state index contributed by atoms with van der Waals surface area (Å²) in [6.07, 6.45) is 0.472. The first kappa shape index (κ1) is 29.8. The topological polar surface area (TPSA) is 177 Å². The molecule has 0 fully saturated rings. The Morgan fingerprint density at radius 2 is 1.56 bits per heavy atom. The number of azo groups is 1. The molecule has 0 aliphatic heterocycles. The molecule has 11 nitrogen and oxygen atoms in total. The molecule has 0 aliphatic carbocycles. The zero-order valence-electron chi connectivity index (χ0n) is 18.6. The second-order valence-corrected chi connectivity index (χ2v) is 9.20. The van der Waals surface area contributed by atoms with E-state index in [1.54, 1.807) is 13.0 Å². The first-order valence-corrected chi connectivity index (χ1v) is 11.6. The molecule has 168 valence electrons. The molecule has 0 aromatic heterocycles. The number of aryl methyl sites for hydroxylation is 1. The van der Waals surface area contributed by atoms with Gasteiger partial charge >= 0.3 is 37.7 Å². The molecule has 0 unspecified atom stereocenters. The van der Waals surface area contributed by atoms with E-state index in [0.29, 0.717) is 17.7 Å². The largest absolute Gasteiger partial charge is 1.00 e. The van der Waals surface area contributed by atoms with Crippen molar-refractivity contribution in [3.63, 3.8) is 0 Å². The molecular weight excluding hydrogens is 476 g/mol. The fourth-order valence-corrected chi connectivity index (χ4v) is 4.43. The summed E-state index contributed by atoms with van der Waals surface area (Å²) in [5.41, 5.74) is 1.07. The molecule has 0 heterocycles. The quantitative estimate of drug-likeness (QED) is 0.157. The van der Waals surface area contributed by atoms with E-state index < -0.39 is 30.0 Å². The minimum atomic E-state index is -5.04. The summed E-state index contributed by atoms with van der Waals surface area (Å²) in [7, 11) is -8.63. The normalized spacial score (nSPS) is 11.5. The summed E-state index contributed by atoms with van der Waals surface area (Å²) < 4.78 is 75.3. The number of amides is 1. The molecule has 0 spiro atoms. The number of hydrogen-bond donors (Lipinski definition) is 1. The summed E-state index contributed by atoms with van der Waals surface area (Å²) in [6, 6.07) is 8.48. The van der Waals surface area contributed by atoms with Crippen molar-refractivity contribution < 1.29 is 73.2 Å². The molecule has 3 aromatic carbocycles. The average molecular weight is 491 g/mol. The van der Waals surface area contributed by atoms with E-state index in [-0.39, 0.29) is 65.6 Å². The van der Waals surface area contributed by atoms with Crippen LogP contribution < -0.4 is 47.8 Å². The van der Waals surface area contributed by atoms with Gasteiger partial charge in [0, 0.05) is 16.8 Å². The van der Waals surface area contributed by atoms with Crippen molar-refractivity contribution >= 4 is 54.5 Å². The van der Waals surface area contributed by atoms with E-state index in [1.165, 1.54) is 19.2 Å². The molecule has 15 heteroatoms. The first-order chi connectivity index (χ1) is 15.0. The van der Waals surface area contributed by atoms with Gasteiger partial charge in [0.2, 0.25) is 6.41 Å². The molecule has 0 atom stereocenters. The van der Waals surface area contributed by atoms with Crippen LogP contribution in [0.5, 0.6) is 5.75 Å². The van der Waals surface area contributed by atoms with Crippen LogP contribution in [-0.2, 0) is 25.0 Å². The van der Waals surface area contributed by atoms with Crippen LogP contribution in [0.25, 0.3) is 10.8 Å². The second kappa shape index (κ2) is 11.5. The number of anilines is 1. The maximum atomic E-state index is 11.8. The Kier molecular flexibility index (Phi) is 10.1. The predicted octanol–water partition coefficient (Wildman–Crippen LogP) is -3.04. The van der Waals surface area contributed by atoms with Gasteiger partial charge in [0.1, 0.15) is 26.0 Å². The SMILES string of the molecule is COc1cc(N=Nc2cc(S(=O)(=O)[O-])c3cccc(S(=O)(=O)[O-])c3c2)c(C)cc1NC=O.[Li+].[Li+]. The molecule has 3 rings (SSSR count). The number of carbonyl (C=O) groups excluding carboxylic acids is 1. The van der Waals surface area contributed by atoms with Gasteiger partial charge in [-0.25, -0.2) is 16.8 Å². The number of methoxy groups -OCH3 is 1. The molecule has 34 heavy (non-hydrogen) atoms. The third-order valence-electron chi connectivity index (χ3n) is 4.45. The minimum Gasteiger partial charge on any atom is -0.744 e. The maximum Gasteiger partial charge on any atom is 1.00 e. The molecule has 3 aromatic rings. The van der Waals surface area contributed by atoms with Crippen LogP contribution in [0.4, 0.5) is 17.1 Å². The van der Waals surface area contributed by atoms with Crippen molar-refractivity contribution in [2.45, 2.75) is 16.7 Å². The van der Waals surface area contributed by atoms with Crippen LogP contribution in [0.2, 0.25) is 0 Å².